The lowest BCUT2D eigenvalue weighted by molar-refractivity contribution is 0.326. The Kier molecular flexibility index (Phi) is 4.98. The van der Waals surface area contributed by atoms with Gasteiger partial charge in [0.05, 0.1) is 6.61 Å². The fraction of sp³-hybridized carbons (Fsp3) is 0.636. The van der Waals surface area contributed by atoms with Crippen LogP contribution in [0.1, 0.15) is 20.3 Å². The van der Waals surface area contributed by atoms with Crippen LogP contribution in [0.25, 0.3) is 0 Å². The zero-order chi connectivity index (χ0) is 12.0. The first-order chi connectivity index (χ1) is 7.63. The fourth-order valence-electron chi connectivity index (χ4n) is 1.28. The molecule has 2 N–H and O–H groups in total. The summed E-state index contributed by atoms with van der Waals surface area (Å²) in [6, 6.07) is 2.04. The van der Waals surface area contributed by atoms with Gasteiger partial charge in [-0.15, -0.1) is 0 Å². The number of rotatable bonds is 6. The average molecular weight is 224 g/mol. The predicted molar refractivity (Wildman–Crippen MR) is 64.7 cm³/mol. The third kappa shape index (κ3) is 4.02. The number of hydrogen-bond acceptors (Lipinski definition) is 5. The van der Waals surface area contributed by atoms with Crippen molar-refractivity contribution >= 4 is 5.82 Å². The van der Waals surface area contributed by atoms with Crippen LogP contribution in [0.4, 0.5) is 5.82 Å². The Morgan fingerprint density at radius 3 is 2.88 bits per heavy atom. The molecule has 5 nitrogen and oxygen atoms in total. The van der Waals surface area contributed by atoms with Crippen molar-refractivity contribution in [3.05, 3.63) is 12.4 Å². The van der Waals surface area contributed by atoms with Crippen molar-refractivity contribution in [3.63, 3.8) is 0 Å². The maximum atomic E-state index is 5.71. The molecule has 0 saturated carbocycles. The van der Waals surface area contributed by atoms with Crippen molar-refractivity contribution in [1.82, 2.24) is 9.97 Å². The number of hydrogen-bond donors (Lipinski definition) is 1. The van der Waals surface area contributed by atoms with Gasteiger partial charge in [-0.1, -0.05) is 0 Å². The first-order valence-corrected chi connectivity index (χ1v) is 5.55. The molecule has 5 heteroatoms. The molecule has 0 bridgehead atoms. The van der Waals surface area contributed by atoms with Crippen LogP contribution in [0.15, 0.2) is 12.4 Å². The summed E-state index contributed by atoms with van der Waals surface area (Å²) in [5.41, 5.74) is 5.71. The highest BCUT2D eigenvalue weighted by Gasteiger charge is 2.05. The van der Waals surface area contributed by atoms with E-state index in [1.54, 1.807) is 0 Å². The smallest absolute Gasteiger partial charge is 0.218 e. The van der Waals surface area contributed by atoms with Gasteiger partial charge >= 0.3 is 0 Å². The highest BCUT2D eigenvalue weighted by Crippen LogP contribution is 2.14. The number of anilines is 1. The number of nitrogens with zero attached hydrogens (tertiary/aromatic N) is 3. The molecule has 0 radical (unpaired) electrons. The van der Waals surface area contributed by atoms with E-state index in [4.69, 9.17) is 10.5 Å². The molecule has 0 aromatic carbocycles. The van der Waals surface area contributed by atoms with E-state index in [1.165, 1.54) is 6.33 Å². The van der Waals surface area contributed by atoms with E-state index >= 15 is 0 Å². The van der Waals surface area contributed by atoms with E-state index in [0.717, 1.165) is 18.8 Å². The molecule has 1 heterocycles. The molecule has 0 amide bonds. The maximum Gasteiger partial charge on any atom is 0.218 e. The van der Waals surface area contributed by atoms with Crippen LogP contribution in [0, 0.1) is 0 Å². The zero-order valence-electron chi connectivity index (χ0n) is 10.2. The molecule has 1 aromatic rings. The van der Waals surface area contributed by atoms with Gasteiger partial charge in [-0.3, -0.25) is 0 Å². The van der Waals surface area contributed by atoms with Crippen molar-refractivity contribution in [1.29, 1.82) is 0 Å². The summed E-state index contributed by atoms with van der Waals surface area (Å²) in [4.78, 5) is 10.3. The van der Waals surface area contributed by atoms with Gasteiger partial charge < -0.3 is 15.4 Å². The largest absolute Gasteiger partial charge is 0.478 e. The number of ether oxygens (including phenoxy) is 1. The standard InChI is InChI=1S/C11H20N4O/c1-4-16-11-7-10(13-8-14-11)15(3)6-5-9(2)12/h7-9H,4-6,12H2,1-3H3. The summed E-state index contributed by atoms with van der Waals surface area (Å²) < 4.78 is 5.32. The van der Waals surface area contributed by atoms with E-state index in [9.17, 15) is 0 Å². The van der Waals surface area contributed by atoms with Crippen LogP contribution in [0.2, 0.25) is 0 Å². The Labute approximate surface area is 96.6 Å². The van der Waals surface area contributed by atoms with Crippen molar-refractivity contribution in [2.75, 3.05) is 25.1 Å². The van der Waals surface area contributed by atoms with Crippen LogP contribution in [0.5, 0.6) is 5.88 Å². The lowest BCUT2D eigenvalue weighted by Crippen LogP contribution is -2.26. The summed E-state index contributed by atoms with van der Waals surface area (Å²) in [5.74, 6) is 1.47. The highest BCUT2D eigenvalue weighted by molar-refractivity contribution is 5.39. The third-order valence-electron chi connectivity index (χ3n) is 2.23. The molecular formula is C11H20N4O. The second kappa shape index (κ2) is 6.27. The van der Waals surface area contributed by atoms with Crippen molar-refractivity contribution in [2.45, 2.75) is 26.3 Å². The van der Waals surface area contributed by atoms with Gasteiger partial charge in [-0.2, -0.15) is 0 Å². The molecule has 90 valence electrons. The van der Waals surface area contributed by atoms with Gasteiger partial charge in [0.1, 0.15) is 12.1 Å². The highest BCUT2D eigenvalue weighted by atomic mass is 16.5. The minimum absolute atomic E-state index is 0.204. The Balaban J connectivity index is 2.60. The number of aromatic nitrogens is 2. The Bertz CT molecular complexity index is 317. The Morgan fingerprint density at radius 2 is 2.25 bits per heavy atom. The minimum Gasteiger partial charge on any atom is -0.478 e. The van der Waals surface area contributed by atoms with Crippen LogP contribution in [0.3, 0.4) is 0 Å². The summed E-state index contributed by atoms with van der Waals surface area (Å²) in [5, 5.41) is 0. The minimum atomic E-state index is 0.204. The molecular weight excluding hydrogens is 204 g/mol. The van der Waals surface area contributed by atoms with E-state index < -0.39 is 0 Å². The van der Waals surface area contributed by atoms with Gasteiger partial charge in [0, 0.05) is 25.7 Å². The normalized spacial score (nSPS) is 12.2. The molecule has 16 heavy (non-hydrogen) atoms. The lowest BCUT2D eigenvalue weighted by Gasteiger charge is -2.19. The molecule has 0 saturated heterocycles. The van der Waals surface area contributed by atoms with Crippen LogP contribution in [-0.4, -0.2) is 36.2 Å². The van der Waals surface area contributed by atoms with Crippen LogP contribution < -0.4 is 15.4 Å². The van der Waals surface area contributed by atoms with Crippen molar-refractivity contribution in [2.24, 2.45) is 5.73 Å². The maximum absolute atomic E-state index is 5.71. The molecule has 1 atom stereocenters. The number of nitrogens with two attached hydrogens (primary N) is 1. The zero-order valence-corrected chi connectivity index (χ0v) is 10.2. The SMILES string of the molecule is CCOc1cc(N(C)CCC(C)N)ncn1. The quantitative estimate of drug-likeness (QED) is 0.782. The summed E-state index contributed by atoms with van der Waals surface area (Å²) in [7, 11) is 1.99. The van der Waals surface area contributed by atoms with E-state index in [2.05, 4.69) is 9.97 Å². The molecule has 0 fully saturated rings. The topological polar surface area (TPSA) is 64.3 Å². The van der Waals surface area contributed by atoms with Gasteiger partial charge in [0.2, 0.25) is 5.88 Å². The average Bonchev–Trinajstić information content (AvgIpc) is 2.26. The second-order valence-electron chi connectivity index (χ2n) is 3.83. The lowest BCUT2D eigenvalue weighted by atomic mass is 10.2. The first kappa shape index (κ1) is 12.7. The van der Waals surface area contributed by atoms with Crippen LogP contribution in [-0.2, 0) is 0 Å². The van der Waals surface area contributed by atoms with Crippen molar-refractivity contribution in [3.8, 4) is 5.88 Å². The molecule has 0 aliphatic rings. The molecule has 1 rings (SSSR count). The van der Waals surface area contributed by atoms with Gasteiger partial charge in [0.15, 0.2) is 0 Å². The van der Waals surface area contributed by atoms with Gasteiger partial charge in [-0.05, 0) is 20.3 Å². The predicted octanol–water partition coefficient (Wildman–Crippen LogP) is 1.05. The van der Waals surface area contributed by atoms with E-state index in [0.29, 0.717) is 12.5 Å². The second-order valence-corrected chi connectivity index (χ2v) is 3.83. The molecule has 1 aromatic heterocycles. The monoisotopic (exact) mass is 224 g/mol. The van der Waals surface area contributed by atoms with Gasteiger partial charge in [-0.25, -0.2) is 9.97 Å². The Hall–Kier alpha value is -1.36. The summed E-state index contributed by atoms with van der Waals surface area (Å²) in [6.07, 6.45) is 2.45. The molecule has 0 aliphatic carbocycles. The Morgan fingerprint density at radius 1 is 1.50 bits per heavy atom. The van der Waals surface area contributed by atoms with Crippen LogP contribution >= 0.6 is 0 Å². The molecule has 1 unspecified atom stereocenters. The summed E-state index contributed by atoms with van der Waals surface area (Å²) >= 11 is 0. The molecule has 0 spiro atoms. The summed E-state index contributed by atoms with van der Waals surface area (Å²) in [6.45, 7) is 5.42. The van der Waals surface area contributed by atoms with Crippen molar-refractivity contribution < 1.29 is 4.74 Å². The van der Waals surface area contributed by atoms with Gasteiger partial charge in [0.25, 0.3) is 0 Å². The third-order valence-corrected chi connectivity index (χ3v) is 2.23. The van der Waals surface area contributed by atoms with E-state index in [-0.39, 0.29) is 6.04 Å². The first-order valence-electron chi connectivity index (χ1n) is 5.55. The molecule has 0 aliphatic heterocycles. The van der Waals surface area contributed by atoms with E-state index in [1.807, 2.05) is 31.9 Å². The fourth-order valence-corrected chi connectivity index (χ4v) is 1.28.